The summed E-state index contributed by atoms with van der Waals surface area (Å²) < 4.78 is 61.1. The van der Waals surface area contributed by atoms with E-state index in [-0.39, 0.29) is 16.9 Å². The highest BCUT2D eigenvalue weighted by atomic mass is 19.4. The average Bonchev–Trinajstić information content (AvgIpc) is 2.77. The number of alkyl halides is 3. The van der Waals surface area contributed by atoms with Gasteiger partial charge < -0.3 is 33.8 Å². The maximum Gasteiger partial charge on any atom is 0.453 e. The summed E-state index contributed by atoms with van der Waals surface area (Å²) in [5, 5.41) is 12.1. The third-order valence-electron chi connectivity index (χ3n) is 4.16. The van der Waals surface area contributed by atoms with Crippen LogP contribution in [0.2, 0.25) is 0 Å². The fraction of sp³-hybridized carbons (Fsp3) is 0.190. The highest BCUT2D eigenvalue weighted by Gasteiger charge is 2.40. The standard InChI is InChI=1S/C21H16F3NO8/c1-30-11-2-4-12(5-3-11)32-19-18(29)14-7-6-13(31-10-16(26)25-9-17(27)28)8-15(14)33-20(19)21(22,23)24/h2-8H,9-10H2,1H3,(H,25,26)(H,27,28)/p-1. The lowest BCUT2D eigenvalue weighted by molar-refractivity contribution is -0.304. The SMILES string of the molecule is COc1ccc(Oc2c(C(F)(F)F)oc3cc(OCC(=O)NCC(=O)[O-])ccc3c2=O)cc1. The van der Waals surface area contributed by atoms with Gasteiger partial charge in [0.1, 0.15) is 22.8 Å². The first kappa shape index (κ1) is 23.4. The van der Waals surface area contributed by atoms with Gasteiger partial charge in [-0.15, -0.1) is 0 Å². The summed E-state index contributed by atoms with van der Waals surface area (Å²) in [6.07, 6.45) is -5.06. The van der Waals surface area contributed by atoms with E-state index in [0.29, 0.717) is 5.75 Å². The van der Waals surface area contributed by atoms with Crippen LogP contribution in [-0.4, -0.2) is 32.1 Å². The molecule has 3 aromatic rings. The highest BCUT2D eigenvalue weighted by molar-refractivity contribution is 5.82. The Morgan fingerprint density at radius 2 is 1.70 bits per heavy atom. The molecule has 12 heteroatoms. The second kappa shape index (κ2) is 9.51. The summed E-state index contributed by atoms with van der Waals surface area (Å²) in [6.45, 7) is -1.37. The minimum Gasteiger partial charge on any atom is -0.548 e. The van der Waals surface area contributed by atoms with E-state index < -0.39 is 53.7 Å². The minimum absolute atomic E-state index is 0.0459. The van der Waals surface area contributed by atoms with Gasteiger partial charge in [-0.3, -0.25) is 9.59 Å². The van der Waals surface area contributed by atoms with Gasteiger partial charge in [-0.05, 0) is 36.4 Å². The second-order valence-electron chi connectivity index (χ2n) is 6.46. The Balaban J connectivity index is 1.93. The molecular weight excluding hydrogens is 451 g/mol. The van der Waals surface area contributed by atoms with Gasteiger partial charge in [0.05, 0.1) is 25.0 Å². The first-order valence-corrected chi connectivity index (χ1v) is 9.18. The molecule has 2 aromatic carbocycles. The van der Waals surface area contributed by atoms with Crippen molar-refractivity contribution in [2.24, 2.45) is 0 Å². The van der Waals surface area contributed by atoms with Crippen LogP contribution in [-0.2, 0) is 15.8 Å². The van der Waals surface area contributed by atoms with Gasteiger partial charge in [-0.2, -0.15) is 13.2 Å². The van der Waals surface area contributed by atoms with E-state index in [2.05, 4.69) is 0 Å². The lowest BCUT2D eigenvalue weighted by Crippen LogP contribution is -2.39. The predicted molar refractivity (Wildman–Crippen MR) is 104 cm³/mol. The van der Waals surface area contributed by atoms with Crippen molar-refractivity contribution in [3.8, 4) is 23.0 Å². The summed E-state index contributed by atoms with van der Waals surface area (Å²) in [5.41, 5.74) is -1.53. The number of fused-ring (bicyclic) bond motifs is 1. The Morgan fingerprint density at radius 3 is 2.30 bits per heavy atom. The fourth-order valence-electron chi connectivity index (χ4n) is 2.66. The van der Waals surface area contributed by atoms with E-state index in [1.807, 2.05) is 5.32 Å². The number of ether oxygens (including phenoxy) is 3. The molecule has 1 aromatic heterocycles. The Labute approximate surface area is 183 Å². The minimum atomic E-state index is -5.06. The summed E-state index contributed by atoms with van der Waals surface area (Å²) in [4.78, 5) is 34.6. The lowest BCUT2D eigenvalue weighted by Gasteiger charge is -2.14. The number of benzene rings is 2. The molecule has 174 valence electrons. The number of amides is 1. The number of rotatable bonds is 8. The first-order chi connectivity index (χ1) is 15.6. The van der Waals surface area contributed by atoms with Crippen LogP contribution >= 0.6 is 0 Å². The van der Waals surface area contributed by atoms with E-state index in [1.54, 1.807) is 0 Å². The van der Waals surface area contributed by atoms with Crippen molar-refractivity contribution in [1.82, 2.24) is 5.32 Å². The molecule has 0 saturated carbocycles. The molecule has 0 atom stereocenters. The molecule has 1 heterocycles. The van der Waals surface area contributed by atoms with Crippen molar-refractivity contribution in [3.63, 3.8) is 0 Å². The molecule has 0 radical (unpaired) electrons. The third kappa shape index (κ3) is 5.73. The van der Waals surface area contributed by atoms with Crippen molar-refractivity contribution in [2.75, 3.05) is 20.3 Å². The molecule has 1 N–H and O–H groups in total. The quantitative estimate of drug-likeness (QED) is 0.533. The first-order valence-electron chi connectivity index (χ1n) is 9.18. The van der Waals surface area contributed by atoms with Crippen LogP contribution in [0.15, 0.2) is 51.7 Å². The number of halogens is 3. The molecule has 0 unspecified atom stereocenters. The molecule has 0 bridgehead atoms. The van der Waals surface area contributed by atoms with Crippen LogP contribution in [0.25, 0.3) is 11.0 Å². The zero-order valence-electron chi connectivity index (χ0n) is 16.9. The number of carboxylic acids is 1. The van der Waals surface area contributed by atoms with Gasteiger partial charge in [-0.25, -0.2) is 0 Å². The molecule has 0 spiro atoms. The smallest absolute Gasteiger partial charge is 0.453 e. The van der Waals surface area contributed by atoms with Gasteiger partial charge in [-0.1, -0.05) is 0 Å². The number of methoxy groups -OCH3 is 1. The summed E-state index contributed by atoms with van der Waals surface area (Å²) >= 11 is 0. The molecule has 33 heavy (non-hydrogen) atoms. The van der Waals surface area contributed by atoms with E-state index in [4.69, 9.17) is 18.6 Å². The largest absolute Gasteiger partial charge is 0.548 e. The molecule has 1 amide bonds. The number of carbonyl (C=O) groups excluding carboxylic acids is 2. The zero-order valence-corrected chi connectivity index (χ0v) is 16.9. The van der Waals surface area contributed by atoms with Gasteiger partial charge in [0.25, 0.3) is 11.7 Å². The number of aliphatic carboxylic acids is 1. The van der Waals surface area contributed by atoms with Crippen LogP contribution in [0.1, 0.15) is 5.76 Å². The van der Waals surface area contributed by atoms with Crippen LogP contribution < -0.4 is 30.1 Å². The van der Waals surface area contributed by atoms with Crippen LogP contribution in [0.5, 0.6) is 23.0 Å². The second-order valence-corrected chi connectivity index (χ2v) is 6.46. The van der Waals surface area contributed by atoms with Gasteiger partial charge in [0, 0.05) is 6.07 Å². The molecule has 0 aliphatic rings. The van der Waals surface area contributed by atoms with Crippen LogP contribution in [0, 0.1) is 0 Å². The summed E-state index contributed by atoms with van der Waals surface area (Å²) in [7, 11) is 1.41. The predicted octanol–water partition coefficient (Wildman–Crippen LogP) is 1.86. The Kier molecular flexibility index (Phi) is 6.75. The number of carbonyl (C=O) groups is 2. The number of carboxylic acid groups (broad SMARTS) is 1. The molecule has 9 nitrogen and oxygen atoms in total. The normalized spacial score (nSPS) is 11.2. The number of hydrogen-bond acceptors (Lipinski definition) is 8. The molecule has 3 rings (SSSR count). The van der Waals surface area contributed by atoms with Crippen molar-refractivity contribution >= 4 is 22.8 Å². The Hall–Kier alpha value is -4.22. The third-order valence-corrected chi connectivity index (χ3v) is 4.16. The molecule has 0 aliphatic carbocycles. The maximum absolute atomic E-state index is 13.6. The topological polar surface area (TPSA) is 127 Å². The van der Waals surface area contributed by atoms with Crippen molar-refractivity contribution in [1.29, 1.82) is 0 Å². The summed E-state index contributed by atoms with van der Waals surface area (Å²) in [6, 6.07) is 8.91. The maximum atomic E-state index is 13.6. The average molecular weight is 466 g/mol. The zero-order chi connectivity index (χ0) is 24.2. The van der Waals surface area contributed by atoms with Crippen LogP contribution in [0.4, 0.5) is 13.2 Å². The van der Waals surface area contributed by atoms with Gasteiger partial charge >= 0.3 is 6.18 Å². The lowest BCUT2D eigenvalue weighted by atomic mass is 10.2. The van der Waals surface area contributed by atoms with E-state index in [0.717, 1.165) is 12.1 Å². The van der Waals surface area contributed by atoms with Gasteiger partial charge in [0.2, 0.25) is 11.2 Å². The Bertz CT molecular complexity index is 1240. The van der Waals surface area contributed by atoms with Crippen molar-refractivity contribution in [3.05, 3.63) is 58.4 Å². The van der Waals surface area contributed by atoms with E-state index >= 15 is 0 Å². The van der Waals surface area contributed by atoms with E-state index in [9.17, 15) is 32.7 Å². The molecule has 0 fully saturated rings. The number of nitrogens with one attached hydrogen (secondary N) is 1. The summed E-state index contributed by atoms with van der Waals surface area (Å²) in [5.74, 6) is -4.72. The van der Waals surface area contributed by atoms with Gasteiger partial charge in [0.15, 0.2) is 6.61 Å². The highest BCUT2D eigenvalue weighted by Crippen LogP contribution is 2.38. The number of hydrogen-bond donors (Lipinski definition) is 1. The Morgan fingerprint density at radius 1 is 1.06 bits per heavy atom. The van der Waals surface area contributed by atoms with Crippen LogP contribution in [0.3, 0.4) is 0 Å². The molecular formula is C21H15F3NO8-. The van der Waals surface area contributed by atoms with Crippen molar-refractivity contribution < 1.29 is 46.5 Å². The molecule has 0 saturated heterocycles. The molecule has 0 aliphatic heterocycles. The van der Waals surface area contributed by atoms with E-state index in [1.165, 1.54) is 37.4 Å². The fourth-order valence-corrected chi connectivity index (χ4v) is 2.66. The van der Waals surface area contributed by atoms with Crippen molar-refractivity contribution in [2.45, 2.75) is 6.18 Å². The monoisotopic (exact) mass is 466 g/mol.